The van der Waals surface area contributed by atoms with Crippen molar-refractivity contribution in [1.29, 1.82) is 0 Å². The molecular weight excluding hydrogens is 172 g/mol. The Hall–Kier alpha value is -0.160. The maximum atomic E-state index is 9.44. The third-order valence-corrected chi connectivity index (χ3v) is 2.54. The first-order valence-electron chi connectivity index (χ1n) is 4.85. The second-order valence-electron chi connectivity index (χ2n) is 3.59. The minimum absolute atomic E-state index is 0.122. The molecule has 0 radical (unpaired) electrons. The lowest BCUT2D eigenvalue weighted by Gasteiger charge is -2.26. The average molecular weight is 188 g/mol. The van der Waals surface area contributed by atoms with Crippen LogP contribution in [0, 0.1) is 0 Å². The Labute approximate surface area is 77.8 Å². The highest BCUT2D eigenvalue weighted by atomic mass is 16.6. The fourth-order valence-corrected chi connectivity index (χ4v) is 1.71. The van der Waals surface area contributed by atoms with E-state index in [1.807, 2.05) is 0 Å². The average Bonchev–Trinajstić information content (AvgIpc) is 2.54. The van der Waals surface area contributed by atoms with E-state index in [0.717, 1.165) is 26.1 Å². The molecule has 0 amide bonds. The summed E-state index contributed by atoms with van der Waals surface area (Å²) in [5.41, 5.74) is 0. The van der Waals surface area contributed by atoms with Crippen LogP contribution in [-0.4, -0.2) is 49.8 Å². The predicted molar refractivity (Wildman–Crippen MR) is 45.5 cm³/mol. The number of rotatable bonds is 2. The minimum Gasteiger partial charge on any atom is -0.388 e. The van der Waals surface area contributed by atoms with Gasteiger partial charge in [0.2, 0.25) is 0 Å². The van der Waals surface area contributed by atoms with Crippen LogP contribution >= 0.6 is 0 Å². The van der Waals surface area contributed by atoms with Crippen molar-refractivity contribution in [3.63, 3.8) is 0 Å². The van der Waals surface area contributed by atoms with E-state index in [1.165, 1.54) is 0 Å². The van der Waals surface area contributed by atoms with Gasteiger partial charge in [0.1, 0.15) is 12.2 Å². The lowest BCUT2D eigenvalue weighted by Crippen LogP contribution is -2.34. The topological polar surface area (TPSA) is 47.9 Å². The van der Waals surface area contributed by atoms with Gasteiger partial charge in [0.05, 0.1) is 19.3 Å². The molecule has 0 spiro atoms. The third-order valence-electron chi connectivity index (χ3n) is 2.54. The largest absolute Gasteiger partial charge is 0.388 e. The lowest BCUT2D eigenvalue weighted by atomic mass is 10.1. The minimum atomic E-state index is -0.442. The van der Waals surface area contributed by atoms with Crippen molar-refractivity contribution in [1.82, 2.24) is 0 Å². The summed E-state index contributed by atoms with van der Waals surface area (Å²) >= 11 is 0. The number of hydrogen-bond acceptors (Lipinski definition) is 4. The van der Waals surface area contributed by atoms with Gasteiger partial charge in [-0.3, -0.25) is 0 Å². The standard InChI is InChI=1S/C9H16O4/c10-8-5-12-6-9(8)13-7-1-3-11-4-2-7/h7-10H,1-6H2/t8-,9-/m1/s1. The Kier molecular flexibility index (Phi) is 3.16. The van der Waals surface area contributed by atoms with E-state index < -0.39 is 6.10 Å². The van der Waals surface area contributed by atoms with Gasteiger partial charge in [0.25, 0.3) is 0 Å². The van der Waals surface area contributed by atoms with Crippen LogP contribution in [0.4, 0.5) is 0 Å². The van der Waals surface area contributed by atoms with Gasteiger partial charge < -0.3 is 19.3 Å². The number of hydrogen-bond donors (Lipinski definition) is 1. The zero-order valence-corrected chi connectivity index (χ0v) is 7.65. The van der Waals surface area contributed by atoms with E-state index in [9.17, 15) is 5.11 Å². The summed E-state index contributed by atoms with van der Waals surface area (Å²) in [6.45, 7) is 2.48. The first kappa shape index (κ1) is 9.40. The van der Waals surface area contributed by atoms with Gasteiger partial charge in [-0.25, -0.2) is 0 Å². The van der Waals surface area contributed by atoms with E-state index in [4.69, 9.17) is 14.2 Å². The number of aliphatic hydroxyl groups excluding tert-OH is 1. The van der Waals surface area contributed by atoms with E-state index in [2.05, 4.69) is 0 Å². The highest BCUT2D eigenvalue weighted by Crippen LogP contribution is 2.17. The normalized spacial score (nSPS) is 36.7. The number of aliphatic hydroxyl groups is 1. The van der Waals surface area contributed by atoms with Gasteiger partial charge in [0, 0.05) is 13.2 Å². The second kappa shape index (κ2) is 4.37. The molecule has 2 atom stereocenters. The van der Waals surface area contributed by atoms with Crippen molar-refractivity contribution in [2.24, 2.45) is 0 Å². The quantitative estimate of drug-likeness (QED) is 0.659. The van der Waals surface area contributed by atoms with Gasteiger partial charge >= 0.3 is 0 Å². The summed E-state index contributed by atoms with van der Waals surface area (Å²) in [4.78, 5) is 0. The smallest absolute Gasteiger partial charge is 0.109 e. The van der Waals surface area contributed by atoms with Gasteiger partial charge in [-0.15, -0.1) is 0 Å². The zero-order chi connectivity index (χ0) is 9.10. The maximum absolute atomic E-state index is 9.44. The zero-order valence-electron chi connectivity index (χ0n) is 7.65. The molecule has 2 aliphatic rings. The lowest BCUT2D eigenvalue weighted by molar-refractivity contribution is -0.0929. The summed E-state index contributed by atoms with van der Waals surface area (Å²) in [6, 6.07) is 0. The molecule has 2 rings (SSSR count). The van der Waals surface area contributed by atoms with Crippen molar-refractivity contribution in [2.75, 3.05) is 26.4 Å². The Morgan fingerprint density at radius 2 is 1.85 bits per heavy atom. The highest BCUT2D eigenvalue weighted by Gasteiger charge is 2.30. The van der Waals surface area contributed by atoms with Crippen LogP contribution in [0.5, 0.6) is 0 Å². The van der Waals surface area contributed by atoms with Crippen LogP contribution in [0.2, 0.25) is 0 Å². The Bertz CT molecular complexity index is 156. The molecule has 13 heavy (non-hydrogen) atoms. The molecule has 2 heterocycles. The second-order valence-corrected chi connectivity index (χ2v) is 3.59. The SMILES string of the molecule is O[C@@H]1COC[C@H]1OC1CCOCC1. The van der Waals surface area contributed by atoms with Gasteiger partial charge in [-0.1, -0.05) is 0 Å². The molecule has 1 N–H and O–H groups in total. The summed E-state index contributed by atoms with van der Waals surface area (Å²) < 4.78 is 16.0. The van der Waals surface area contributed by atoms with Crippen LogP contribution in [0.25, 0.3) is 0 Å². The van der Waals surface area contributed by atoms with E-state index in [0.29, 0.717) is 13.2 Å². The fourth-order valence-electron chi connectivity index (χ4n) is 1.71. The van der Waals surface area contributed by atoms with Gasteiger partial charge in [-0.2, -0.15) is 0 Å². The summed E-state index contributed by atoms with van der Waals surface area (Å²) in [5.74, 6) is 0. The predicted octanol–water partition coefficient (Wildman–Crippen LogP) is -0.0583. The molecule has 0 bridgehead atoms. The van der Waals surface area contributed by atoms with Crippen molar-refractivity contribution in [2.45, 2.75) is 31.2 Å². The molecule has 0 aliphatic carbocycles. The van der Waals surface area contributed by atoms with Crippen LogP contribution in [0.15, 0.2) is 0 Å². The summed E-state index contributed by atoms with van der Waals surface area (Å²) in [7, 11) is 0. The van der Waals surface area contributed by atoms with Crippen LogP contribution in [-0.2, 0) is 14.2 Å². The molecule has 0 aromatic heterocycles. The molecule has 2 saturated heterocycles. The molecule has 0 unspecified atom stereocenters. The molecule has 0 aromatic carbocycles. The molecule has 0 saturated carbocycles. The van der Waals surface area contributed by atoms with Crippen LogP contribution in [0.3, 0.4) is 0 Å². The maximum Gasteiger partial charge on any atom is 0.109 e. The molecule has 4 nitrogen and oxygen atoms in total. The Morgan fingerprint density at radius 3 is 2.46 bits per heavy atom. The van der Waals surface area contributed by atoms with Crippen molar-refractivity contribution in [3.8, 4) is 0 Å². The van der Waals surface area contributed by atoms with E-state index >= 15 is 0 Å². The van der Waals surface area contributed by atoms with Crippen molar-refractivity contribution < 1.29 is 19.3 Å². The van der Waals surface area contributed by atoms with Crippen molar-refractivity contribution >= 4 is 0 Å². The highest BCUT2D eigenvalue weighted by molar-refractivity contribution is 4.77. The molecule has 4 heteroatoms. The fraction of sp³-hybridized carbons (Fsp3) is 1.00. The van der Waals surface area contributed by atoms with Crippen LogP contribution < -0.4 is 0 Å². The van der Waals surface area contributed by atoms with Crippen LogP contribution in [0.1, 0.15) is 12.8 Å². The Morgan fingerprint density at radius 1 is 1.08 bits per heavy atom. The monoisotopic (exact) mass is 188 g/mol. The molecule has 2 aliphatic heterocycles. The van der Waals surface area contributed by atoms with E-state index in [1.54, 1.807) is 0 Å². The number of ether oxygens (including phenoxy) is 3. The van der Waals surface area contributed by atoms with E-state index in [-0.39, 0.29) is 12.2 Å². The molecule has 0 aromatic rings. The summed E-state index contributed by atoms with van der Waals surface area (Å²) in [5, 5.41) is 9.44. The first-order valence-corrected chi connectivity index (χ1v) is 4.85. The Balaban J connectivity index is 1.75. The third kappa shape index (κ3) is 2.40. The summed E-state index contributed by atoms with van der Waals surface area (Å²) in [6.07, 6.45) is 1.55. The first-order chi connectivity index (χ1) is 6.36. The molecular formula is C9H16O4. The molecule has 2 fully saturated rings. The van der Waals surface area contributed by atoms with Gasteiger partial charge in [0.15, 0.2) is 0 Å². The van der Waals surface area contributed by atoms with Gasteiger partial charge in [-0.05, 0) is 12.8 Å². The van der Waals surface area contributed by atoms with Crippen molar-refractivity contribution in [3.05, 3.63) is 0 Å². The molecule has 76 valence electrons.